The molecule has 1 atom stereocenters. The first-order valence-corrected chi connectivity index (χ1v) is 10.7. The van der Waals surface area contributed by atoms with E-state index in [0.29, 0.717) is 0 Å². The minimum atomic E-state index is -0.539. The molecule has 0 radical (unpaired) electrons. The van der Waals surface area contributed by atoms with Crippen molar-refractivity contribution in [3.8, 4) is 0 Å². The van der Waals surface area contributed by atoms with Crippen molar-refractivity contribution in [2.24, 2.45) is 0 Å². The highest BCUT2D eigenvalue weighted by atomic mass is 32.2. The number of thioether (sulfide) groups is 1. The minimum absolute atomic E-state index is 0.114. The van der Waals surface area contributed by atoms with Gasteiger partial charge >= 0.3 is 5.97 Å². The summed E-state index contributed by atoms with van der Waals surface area (Å²) in [4.78, 5) is 28.1. The maximum atomic E-state index is 13.1. The molecule has 0 aromatic heterocycles. The number of anilines is 1. The molecule has 0 saturated carbocycles. The van der Waals surface area contributed by atoms with Gasteiger partial charge in [0.1, 0.15) is 0 Å². The fourth-order valence-electron chi connectivity index (χ4n) is 3.40. The standard InChI is InChI=1S/C25H21NO3S/c27-24(17-29-25(28)16-15-19-9-3-1-4-10-19)26-21-13-7-8-14-23(21)30-18-22(26)20-11-5-2-6-12-20/h1-16,22H,17-18H2/b16-15+/t22-/m1/s1. The third-order valence-electron chi connectivity index (χ3n) is 4.84. The predicted octanol–water partition coefficient (Wildman–Crippen LogP) is 5.12. The molecule has 4 rings (SSSR count). The first-order valence-electron chi connectivity index (χ1n) is 9.71. The second kappa shape index (κ2) is 9.46. The third-order valence-corrected chi connectivity index (χ3v) is 5.97. The molecular weight excluding hydrogens is 394 g/mol. The number of esters is 1. The van der Waals surface area contributed by atoms with Crippen molar-refractivity contribution in [2.75, 3.05) is 17.3 Å². The molecule has 1 amide bonds. The minimum Gasteiger partial charge on any atom is -0.452 e. The van der Waals surface area contributed by atoms with E-state index < -0.39 is 5.97 Å². The van der Waals surface area contributed by atoms with Gasteiger partial charge in [-0.1, -0.05) is 72.8 Å². The molecule has 0 bridgehead atoms. The lowest BCUT2D eigenvalue weighted by atomic mass is 10.1. The lowest BCUT2D eigenvalue weighted by Crippen LogP contribution is -2.41. The number of nitrogens with zero attached hydrogens (tertiary/aromatic N) is 1. The van der Waals surface area contributed by atoms with Crippen molar-refractivity contribution in [1.82, 2.24) is 0 Å². The number of para-hydroxylation sites is 1. The van der Waals surface area contributed by atoms with Crippen molar-refractivity contribution in [1.29, 1.82) is 0 Å². The molecule has 0 saturated heterocycles. The van der Waals surface area contributed by atoms with Crippen molar-refractivity contribution in [3.05, 3.63) is 102 Å². The molecular formula is C25H21NO3S. The van der Waals surface area contributed by atoms with Gasteiger partial charge in [0, 0.05) is 16.7 Å². The number of hydrogen-bond donors (Lipinski definition) is 0. The molecule has 0 aliphatic carbocycles. The third kappa shape index (κ3) is 4.63. The van der Waals surface area contributed by atoms with Gasteiger partial charge in [0.2, 0.25) is 0 Å². The van der Waals surface area contributed by atoms with Crippen LogP contribution in [-0.2, 0) is 14.3 Å². The van der Waals surface area contributed by atoms with E-state index in [0.717, 1.165) is 27.5 Å². The van der Waals surface area contributed by atoms with Crippen molar-refractivity contribution in [2.45, 2.75) is 10.9 Å². The number of rotatable bonds is 5. The molecule has 5 heteroatoms. The summed E-state index contributed by atoms with van der Waals surface area (Å²) in [5.41, 5.74) is 2.80. The number of carbonyl (C=O) groups is 2. The summed E-state index contributed by atoms with van der Waals surface area (Å²) in [6, 6.07) is 27.1. The molecule has 0 N–H and O–H groups in total. The first kappa shape index (κ1) is 20.0. The summed E-state index contributed by atoms with van der Waals surface area (Å²) in [6.45, 7) is -0.305. The zero-order chi connectivity index (χ0) is 20.8. The number of ether oxygens (including phenoxy) is 1. The zero-order valence-corrected chi connectivity index (χ0v) is 17.1. The number of carbonyl (C=O) groups excluding carboxylic acids is 2. The summed E-state index contributed by atoms with van der Waals surface area (Å²) < 4.78 is 5.25. The van der Waals surface area contributed by atoms with Crippen LogP contribution in [0.25, 0.3) is 6.08 Å². The largest absolute Gasteiger partial charge is 0.452 e. The van der Waals surface area contributed by atoms with Gasteiger partial charge in [-0.3, -0.25) is 9.69 Å². The number of amides is 1. The SMILES string of the molecule is O=C(/C=C/c1ccccc1)OCC(=O)N1c2ccccc2SC[C@@H]1c1ccccc1. The van der Waals surface area contributed by atoms with Crippen LogP contribution in [0.15, 0.2) is 95.9 Å². The maximum Gasteiger partial charge on any atom is 0.331 e. The van der Waals surface area contributed by atoms with E-state index >= 15 is 0 Å². The van der Waals surface area contributed by atoms with Crippen LogP contribution < -0.4 is 4.90 Å². The predicted molar refractivity (Wildman–Crippen MR) is 120 cm³/mol. The molecule has 3 aromatic rings. The van der Waals surface area contributed by atoms with Gasteiger partial charge in [-0.05, 0) is 29.3 Å². The molecule has 150 valence electrons. The highest BCUT2D eigenvalue weighted by Gasteiger charge is 2.32. The average Bonchev–Trinajstić information content (AvgIpc) is 2.81. The van der Waals surface area contributed by atoms with Crippen molar-refractivity contribution in [3.63, 3.8) is 0 Å². The lowest BCUT2D eigenvalue weighted by molar-refractivity contribution is -0.143. The fourth-order valence-corrected chi connectivity index (χ4v) is 4.56. The van der Waals surface area contributed by atoms with Crippen LogP contribution >= 0.6 is 11.8 Å². The molecule has 4 nitrogen and oxygen atoms in total. The summed E-state index contributed by atoms with van der Waals surface area (Å²) in [5.74, 6) is -0.0320. The second-order valence-corrected chi connectivity index (χ2v) is 7.88. The Kier molecular flexibility index (Phi) is 6.30. The zero-order valence-electron chi connectivity index (χ0n) is 16.3. The van der Waals surface area contributed by atoms with E-state index in [2.05, 4.69) is 0 Å². The Morgan fingerprint density at radius 1 is 0.933 bits per heavy atom. The first-order chi connectivity index (χ1) is 14.7. The van der Waals surface area contributed by atoms with Crippen LogP contribution in [0.4, 0.5) is 5.69 Å². The Hall–Kier alpha value is -3.31. The van der Waals surface area contributed by atoms with Gasteiger partial charge in [-0.2, -0.15) is 0 Å². The Balaban J connectivity index is 1.50. The van der Waals surface area contributed by atoms with Gasteiger partial charge in [-0.15, -0.1) is 11.8 Å². The Morgan fingerprint density at radius 3 is 2.37 bits per heavy atom. The van der Waals surface area contributed by atoms with Crippen LogP contribution in [0.5, 0.6) is 0 Å². The van der Waals surface area contributed by atoms with Crippen LogP contribution in [0.1, 0.15) is 17.2 Å². The molecule has 1 heterocycles. The van der Waals surface area contributed by atoms with Crippen LogP contribution in [0.3, 0.4) is 0 Å². The van der Waals surface area contributed by atoms with Crippen molar-refractivity contribution < 1.29 is 14.3 Å². The Bertz CT molecular complexity index is 1050. The van der Waals surface area contributed by atoms with Gasteiger partial charge in [0.15, 0.2) is 6.61 Å². The molecule has 0 fully saturated rings. The Labute approximate surface area is 180 Å². The highest BCUT2D eigenvalue weighted by molar-refractivity contribution is 7.99. The van der Waals surface area contributed by atoms with E-state index in [9.17, 15) is 9.59 Å². The Morgan fingerprint density at radius 2 is 1.60 bits per heavy atom. The number of benzene rings is 3. The van der Waals surface area contributed by atoms with Gasteiger partial charge in [-0.25, -0.2) is 4.79 Å². The van der Waals surface area contributed by atoms with Crippen LogP contribution in [0, 0.1) is 0 Å². The average molecular weight is 416 g/mol. The second-order valence-electron chi connectivity index (χ2n) is 6.82. The molecule has 3 aromatic carbocycles. The molecule has 1 aliphatic rings. The molecule has 1 aliphatic heterocycles. The molecule has 0 spiro atoms. The topological polar surface area (TPSA) is 46.6 Å². The van der Waals surface area contributed by atoms with E-state index in [1.54, 1.807) is 22.7 Å². The summed E-state index contributed by atoms with van der Waals surface area (Å²) in [6.07, 6.45) is 3.02. The van der Waals surface area contributed by atoms with E-state index in [1.807, 2.05) is 84.9 Å². The molecule has 0 unspecified atom stereocenters. The fraction of sp³-hybridized carbons (Fsp3) is 0.120. The van der Waals surface area contributed by atoms with Gasteiger partial charge in [0.05, 0.1) is 11.7 Å². The summed E-state index contributed by atoms with van der Waals surface area (Å²) >= 11 is 1.73. The quantitative estimate of drug-likeness (QED) is 0.428. The lowest BCUT2D eigenvalue weighted by Gasteiger charge is -2.37. The highest BCUT2D eigenvalue weighted by Crippen LogP contribution is 2.43. The smallest absolute Gasteiger partial charge is 0.331 e. The van der Waals surface area contributed by atoms with E-state index in [4.69, 9.17) is 4.74 Å². The normalized spacial score (nSPS) is 15.6. The number of hydrogen-bond acceptors (Lipinski definition) is 4. The van der Waals surface area contributed by atoms with Crippen molar-refractivity contribution >= 4 is 35.4 Å². The van der Waals surface area contributed by atoms with Gasteiger partial charge < -0.3 is 4.74 Å². The van der Waals surface area contributed by atoms with E-state index in [-0.39, 0.29) is 18.6 Å². The molecule has 30 heavy (non-hydrogen) atoms. The summed E-state index contributed by atoms with van der Waals surface area (Å²) in [7, 11) is 0. The monoisotopic (exact) mass is 415 g/mol. The number of fused-ring (bicyclic) bond motifs is 1. The maximum absolute atomic E-state index is 13.1. The van der Waals surface area contributed by atoms with Crippen LogP contribution in [0.2, 0.25) is 0 Å². The van der Waals surface area contributed by atoms with Crippen LogP contribution in [-0.4, -0.2) is 24.2 Å². The summed E-state index contributed by atoms with van der Waals surface area (Å²) in [5, 5.41) is 0. The van der Waals surface area contributed by atoms with Gasteiger partial charge in [0.25, 0.3) is 5.91 Å². The van der Waals surface area contributed by atoms with E-state index in [1.165, 1.54) is 6.08 Å².